The quantitative estimate of drug-likeness (QED) is 0.719. The molecule has 0 aliphatic carbocycles. The molecule has 4 heteroatoms. The molecule has 1 N–H and O–H groups in total. The number of likely N-dealkylation sites (tertiary alicyclic amines) is 1. The SMILES string of the molecule is COC(=O)CCCN1CCCCC1CC(C)O. The fraction of sp³-hybridized carbons (Fsp3) is 0.923. The average molecular weight is 243 g/mol. The van der Waals surface area contributed by atoms with E-state index in [4.69, 9.17) is 0 Å². The topological polar surface area (TPSA) is 49.8 Å². The Kier molecular flexibility index (Phi) is 6.52. The Bertz CT molecular complexity index is 231. The highest BCUT2D eigenvalue weighted by atomic mass is 16.5. The smallest absolute Gasteiger partial charge is 0.305 e. The number of nitrogens with zero attached hydrogens (tertiary/aromatic N) is 1. The van der Waals surface area contributed by atoms with Gasteiger partial charge in [0.2, 0.25) is 0 Å². The van der Waals surface area contributed by atoms with Crippen LogP contribution in [0.4, 0.5) is 0 Å². The highest BCUT2D eigenvalue weighted by Gasteiger charge is 2.23. The number of aliphatic hydroxyl groups excluding tert-OH is 1. The lowest BCUT2D eigenvalue weighted by atomic mass is 9.97. The second-order valence-electron chi connectivity index (χ2n) is 4.95. The highest BCUT2D eigenvalue weighted by Crippen LogP contribution is 2.21. The molecule has 100 valence electrons. The van der Waals surface area contributed by atoms with Crippen LogP contribution in [0, 0.1) is 0 Å². The second-order valence-corrected chi connectivity index (χ2v) is 4.95. The number of ether oxygens (including phenoxy) is 1. The molecule has 1 fully saturated rings. The van der Waals surface area contributed by atoms with Crippen molar-refractivity contribution in [2.45, 2.75) is 57.6 Å². The molecule has 0 bridgehead atoms. The number of esters is 1. The van der Waals surface area contributed by atoms with E-state index in [1.165, 1.54) is 26.4 Å². The van der Waals surface area contributed by atoms with E-state index in [2.05, 4.69) is 9.64 Å². The minimum absolute atomic E-state index is 0.130. The second kappa shape index (κ2) is 7.67. The van der Waals surface area contributed by atoms with Crippen LogP contribution in [-0.2, 0) is 9.53 Å². The first kappa shape index (κ1) is 14.5. The summed E-state index contributed by atoms with van der Waals surface area (Å²) in [4.78, 5) is 13.4. The first-order valence-electron chi connectivity index (χ1n) is 6.62. The maximum atomic E-state index is 11.0. The Hall–Kier alpha value is -0.610. The molecule has 0 aromatic carbocycles. The summed E-state index contributed by atoms with van der Waals surface area (Å²) in [5.41, 5.74) is 0. The van der Waals surface area contributed by atoms with E-state index < -0.39 is 0 Å². The van der Waals surface area contributed by atoms with Crippen molar-refractivity contribution in [2.75, 3.05) is 20.2 Å². The predicted octanol–water partition coefficient (Wildman–Crippen LogP) is 1.56. The van der Waals surface area contributed by atoms with Gasteiger partial charge in [0.25, 0.3) is 0 Å². The van der Waals surface area contributed by atoms with Crippen LogP contribution < -0.4 is 0 Å². The lowest BCUT2D eigenvalue weighted by molar-refractivity contribution is -0.140. The van der Waals surface area contributed by atoms with Crippen LogP contribution >= 0.6 is 0 Å². The number of hydrogen-bond acceptors (Lipinski definition) is 4. The van der Waals surface area contributed by atoms with Crippen molar-refractivity contribution in [3.8, 4) is 0 Å². The van der Waals surface area contributed by atoms with E-state index in [9.17, 15) is 9.90 Å². The third-order valence-electron chi connectivity index (χ3n) is 3.42. The van der Waals surface area contributed by atoms with Gasteiger partial charge in [0, 0.05) is 12.5 Å². The van der Waals surface area contributed by atoms with Crippen LogP contribution in [-0.4, -0.2) is 48.3 Å². The zero-order chi connectivity index (χ0) is 12.7. The minimum Gasteiger partial charge on any atom is -0.469 e. The molecular weight excluding hydrogens is 218 g/mol. The molecule has 1 aliphatic heterocycles. The zero-order valence-corrected chi connectivity index (χ0v) is 11.0. The number of hydrogen-bond donors (Lipinski definition) is 1. The first-order valence-corrected chi connectivity index (χ1v) is 6.62. The number of rotatable bonds is 6. The van der Waals surface area contributed by atoms with Gasteiger partial charge in [-0.3, -0.25) is 4.79 Å². The molecule has 0 amide bonds. The van der Waals surface area contributed by atoms with Crippen molar-refractivity contribution in [1.29, 1.82) is 0 Å². The summed E-state index contributed by atoms with van der Waals surface area (Å²) in [5.74, 6) is -0.130. The van der Waals surface area contributed by atoms with Gasteiger partial charge >= 0.3 is 5.97 Å². The van der Waals surface area contributed by atoms with Gasteiger partial charge in [-0.2, -0.15) is 0 Å². The summed E-state index contributed by atoms with van der Waals surface area (Å²) in [6.07, 6.45) is 5.61. The summed E-state index contributed by atoms with van der Waals surface area (Å²) in [5, 5.41) is 9.47. The third kappa shape index (κ3) is 5.50. The summed E-state index contributed by atoms with van der Waals surface area (Å²) in [7, 11) is 1.43. The van der Waals surface area contributed by atoms with Gasteiger partial charge in [-0.1, -0.05) is 6.42 Å². The van der Waals surface area contributed by atoms with Crippen LogP contribution in [0.2, 0.25) is 0 Å². The van der Waals surface area contributed by atoms with Crippen molar-refractivity contribution >= 4 is 5.97 Å². The average Bonchev–Trinajstić information content (AvgIpc) is 2.30. The Labute approximate surface area is 104 Å². The van der Waals surface area contributed by atoms with Gasteiger partial charge in [-0.25, -0.2) is 0 Å². The summed E-state index contributed by atoms with van der Waals surface area (Å²) >= 11 is 0. The number of methoxy groups -OCH3 is 1. The van der Waals surface area contributed by atoms with Crippen LogP contribution in [0.5, 0.6) is 0 Å². The predicted molar refractivity (Wildman–Crippen MR) is 66.8 cm³/mol. The molecule has 0 spiro atoms. The van der Waals surface area contributed by atoms with Crippen molar-refractivity contribution in [2.24, 2.45) is 0 Å². The Balaban J connectivity index is 2.29. The number of carbonyl (C=O) groups excluding carboxylic acids is 1. The Morgan fingerprint density at radius 2 is 2.29 bits per heavy atom. The van der Waals surface area contributed by atoms with Gasteiger partial charge < -0.3 is 14.7 Å². The summed E-state index contributed by atoms with van der Waals surface area (Å²) in [6, 6.07) is 0.487. The molecule has 0 aromatic rings. The van der Waals surface area contributed by atoms with Gasteiger partial charge in [-0.15, -0.1) is 0 Å². The molecule has 1 heterocycles. The maximum Gasteiger partial charge on any atom is 0.305 e. The summed E-state index contributed by atoms with van der Waals surface area (Å²) in [6.45, 7) is 3.88. The number of aliphatic hydroxyl groups is 1. The number of piperidine rings is 1. The first-order chi connectivity index (χ1) is 8.13. The van der Waals surface area contributed by atoms with E-state index in [-0.39, 0.29) is 12.1 Å². The van der Waals surface area contributed by atoms with E-state index >= 15 is 0 Å². The van der Waals surface area contributed by atoms with Gasteiger partial charge in [0.15, 0.2) is 0 Å². The Morgan fingerprint density at radius 1 is 1.53 bits per heavy atom. The van der Waals surface area contributed by atoms with Crippen molar-refractivity contribution in [3.05, 3.63) is 0 Å². The van der Waals surface area contributed by atoms with Crippen LogP contribution in [0.1, 0.15) is 45.4 Å². The molecule has 2 atom stereocenters. The molecule has 0 aromatic heterocycles. The standard InChI is InChI=1S/C13H25NO3/c1-11(15)10-12-6-3-4-8-14(12)9-5-7-13(16)17-2/h11-12,15H,3-10H2,1-2H3. The molecular formula is C13H25NO3. The Morgan fingerprint density at radius 3 is 2.94 bits per heavy atom. The lowest BCUT2D eigenvalue weighted by Gasteiger charge is -2.36. The maximum absolute atomic E-state index is 11.0. The molecule has 0 saturated carbocycles. The normalized spacial score (nSPS) is 23.4. The lowest BCUT2D eigenvalue weighted by Crippen LogP contribution is -2.41. The van der Waals surface area contributed by atoms with Crippen LogP contribution in [0.3, 0.4) is 0 Å². The van der Waals surface area contributed by atoms with Gasteiger partial charge in [0.05, 0.1) is 13.2 Å². The zero-order valence-electron chi connectivity index (χ0n) is 11.0. The molecule has 4 nitrogen and oxygen atoms in total. The molecule has 1 aliphatic rings. The van der Waals surface area contributed by atoms with E-state index in [0.29, 0.717) is 12.5 Å². The van der Waals surface area contributed by atoms with E-state index in [1.54, 1.807) is 0 Å². The molecule has 2 unspecified atom stereocenters. The van der Waals surface area contributed by atoms with E-state index in [0.717, 1.165) is 25.9 Å². The highest BCUT2D eigenvalue weighted by molar-refractivity contribution is 5.69. The molecule has 0 radical (unpaired) electrons. The minimum atomic E-state index is -0.235. The molecule has 1 saturated heterocycles. The summed E-state index contributed by atoms with van der Waals surface area (Å²) < 4.78 is 4.63. The fourth-order valence-electron chi connectivity index (χ4n) is 2.54. The molecule has 1 rings (SSSR count). The fourth-order valence-corrected chi connectivity index (χ4v) is 2.54. The van der Waals surface area contributed by atoms with Gasteiger partial charge in [0.1, 0.15) is 0 Å². The van der Waals surface area contributed by atoms with Gasteiger partial charge in [-0.05, 0) is 45.7 Å². The number of carbonyl (C=O) groups is 1. The monoisotopic (exact) mass is 243 g/mol. The van der Waals surface area contributed by atoms with Crippen molar-refractivity contribution < 1.29 is 14.6 Å². The molecule has 17 heavy (non-hydrogen) atoms. The van der Waals surface area contributed by atoms with Crippen molar-refractivity contribution in [1.82, 2.24) is 4.90 Å². The largest absolute Gasteiger partial charge is 0.469 e. The third-order valence-corrected chi connectivity index (χ3v) is 3.42. The van der Waals surface area contributed by atoms with Crippen LogP contribution in [0.15, 0.2) is 0 Å². The van der Waals surface area contributed by atoms with E-state index in [1.807, 2.05) is 6.92 Å². The van der Waals surface area contributed by atoms with Crippen LogP contribution in [0.25, 0.3) is 0 Å². The van der Waals surface area contributed by atoms with Crippen molar-refractivity contribution in [3.63, 3.8) is 0 Å².